The van der Waals surface area contributed by atoms with Crippen LogP contribution in [0.5, 0.6) is 0 Å². The van der Waals surface area contributed by atoms with E-state index < -0.39 is 0 Å². The van der Waals surface area contributed by atoms with E-state index in [1.807, 2.05) is 44.3 Å². The number of fused-ring (bicyclic) bond motifs is 1. The lowest BCUT2D eigenvalue weighted by atomic mass is 10.1. The monoisotopic (exact) mass is 365 g/mol. The van der Waals surface area contributed by atoms with Crippen LogP contribution in [0.4, 0.5) is 5.69 Å². The maximum atomic E-state index is 12.6. The highest BCUT2D eigenvalue weighted by Gasteiger charge is 2.27. The lowest BCUT2D eigenvalue weighted by Crippen LogP contribution is -2.41. The Morgan fingerprint density at radius 2 is 1.74 bits per heavy atom. The summed E-state index contributed by atoms with van der Waals surface area (Å²) in [5, 5.41) is 2.83. The first-order valence-corrected chi connectivity index (χ1v) is 9.32. The summed E-state index contributed by atoms with van der Waals surface area (Å²) in [5.41, 5.74) is 4.56. The Morgan fingerprint density at radius 1 is 1.04 bits per heavy atom. The van der Waals surface area contributed by atoms with Crippen LogP contribution >= 0.6 is 0 Å². The average molecular weight is 365 g/mol. The topological polar surface area (TPSA) is 52.7 Å². The number of likely N-dealkylation sites (N-methyl/N-ethyl adjacent to an activating group) is 2. The van der Waals surface area contributed by atoms with Crippen LogP contribution in [0.1, 0.15) is 29.2 Å². The van der Waals surface area contributed by atoms with E-state index in [9.17, 15) is 9.59 Å². The molecule has 0 fully saturated rings. The SMILES string of the molecule is Cc1ccc(NC(=O)CN(C)C(=O)CN(C)C2CCc3ccccc32)cc1. The van der Waals surface area contributed by atoms with Crippen molar-refractivity contribution in [3.8, 4) is 0 Å². The third-order valence-electron chi connectivity index (χ3n) is 5.16. The molecule has 1 aliphatic carbocycles. The van der Waals surface area contributed by atoms with Crippen LogP contribution < -0.4 is 5.32 Å². The van der Waals surface area contributed by atoms with Gasteiger partial charge in [-0.15, -0.1) is 0 Å². The lowest BCUT2D eigenvalue weighted by Gasteiger charge is -2.27. The van der Waals surface area contributed by atoms with Gasteiger partial charge in [0, 0.05) is 18.8 Å². The molecule has 1 N–H and O–H groups in total. The Morgan fingerprint density at radius 3 is 2.48 bits per heavy atom. The summed E-state index contributed by atoms with van der Waals surface area (Å²) >= 11 is 0. The van der Waals surface area contributed by atoms with Gasteiger partial charge in [0.05, 0.1) is 13.1 Å². The number of hydrogen-bond donors (Lipinski definition) is 1. The van der Waals surface area contributed by atoms with Gasteiger partial charge in [-0.25, -0.2) is 0 Å². The Labute approximate surface area is 161 Å². The maximum Gasteiger partial charge on any atom is 0.243 e. The number of rotatable bonds is 6. The van der Waals surface area contributed by atoms with Crippen LogP contribution in [0.25, 0.3) is 0 Å². The molecule has 1 aliphatic rings. The van der Waals surface area contributed by atoms with Gasteiger partial charge >= 0.3 is 0 Å². The molecule has 2 aromatic carbocycles. The van der Waals surface area contributed by atoms with Crippen molar-refractivity contribution in [3.63, 3.8) is 0 Å². The van der Waals surface area contributed by atoms with Crippen molar-refractivity contribution in [1.29, 1.82) is 0 Å². The molecule has 1 atom stereocenters. The molecule has 27 heavy (non-hydrogen) atoms. The molecule has 0 bridgehead atoms. The molecule has 2 aromatic rings. The maximum absolute atomic E-state index is 12.6. The predicted octanol–water partition coefficient (Wildman–Crippen LogP) is 3.01. The van der Waals surface area contributed by atoms with Gasteiger partial charge in [-0.2, -0.15) is 0 Å². The number of aryl methyl sites for hydroxylation is 2. The van der Waals surface area contributed by atoms with Crippen molar-refractivity contribution in [2.45, 2.75) is 25.8 Å². The summed E-state index contributed by atoms with van der Waals surface area (Å²) in [5.74, 6) is -0.246. The Kier molecular flexibility index (Phi) is 5.91. The second-order valence-electron chi connectivity index (χ2n) is 7.33. The molecule has 2 amide bonds. The fourth-order valence-corrected chi connectivity index (χ4v) is 3.58. The van der Waals surface area contributed by atoms with E-state index in [1.54, 1.807) is 7.05 Å². The van der Waals surface area contributed by atoms with Crippen molar-refractivity contribution in [2.24, 2.45) is 0 Å². The molecule has 5 nitrogen and oxygen atoms in total. The fraction of sp³-hybridized carbons (Fsp3) is 0.364. The van der Waals surface area contributed by atoms with Gasteiger partial charge in [0.1, 0.15) is 0 Å². The fourth-order valence-electron chi connectivity index (χ4n) is 3.58. The summed E-state index contributed by atoms with van der Waals surface area (Å²) in [6, 6.07) is 16.3. The van der Waals surface area contributed by atoms with Crippen LogP contribution in [-0.4, -0.2) is 48.8 Å². The smallest absolute Gasteiger partial charge is 0.243 e. The second kappa shape index (κ2) is 8.35. The third kappa shape index (κ3) is 4.74. The van der Waals surface area contributed by atoms with Gasteiger partial charge in [0.2, 0.25) is 11.8 Å². The highest BCUT2D eigenvalue weighted by molar-refractivity contribution is 5.94. The summed E-state index contributed by atoms with van der Waals surface area (Å²) in [6.45, 7) is 2.34. The van der Waals surface area contributed by atoms with Crippen molar-refractivity contribution in [2.75, 3.05) is 32.5 Å². The Hall–Kier alpha value is -2.66. The normalized spacial score (nSPS) is 15.5. The van der Waals surface area contributed by atoms with Gasteiger partial charge < -0.3 is 10.2 Å². The summed E-state index contributed by atoms with van der Waals surface area (Å²) < 4.78 is 0. The van der Waals surface area contributed by atoms with E-state index in [2.05, 4.69) is 28.4 Å². The number of anilines is 1. The summed E-state index contributed by atoms with van der Waals surface area (Å²) in [6.07, 6.45) is 2.08. The molecular weight excluding hydrogens is 338 g/mol. The standard InChI is InChI=1S/C22H27N3O2/c1-16-8-11-18(12-9-16)23-21(26)14-25(3)22(27)15-24(2)20-13-10-17-6-4-5-7-19(17)20/h4-9,11-12,20H,10,13-15H2,1-3H3,(H,23,26). The Bertz CT molecular complexity index is 817. The summed E-state index contributed by atoms with van der Waals surface area (Å²) in [7, 11) is 3.65. The highest BCUT2D eigenvalue weighted by Crippen LogP contribution is 2.34. The zero-order valence-electron chi connectivity index (χ0n) is 16.2. The molecule has 0 aliphatic heterocycles. The van der Waals surface area contributed by atoms with Crippen molar-refractivity contribution >= 4 is 17.5 Å². The zero-order valence-corrected chi connectivity index (χ0v) is 16.2. The number of carbonyl (C=O) groups excluding carboxylic acids is 2. The molecule has 0 spiro atoms. The molecule has 142 valence electrons. The molecule has 0 aromatic heterocycles. The van der Waals surface area contributed by atoms with Crippen LogP contribution in [0.15, 0.2) is 48.5 Å². The van der Waals surface area contributed by atoms with Crippen molar-refractivity contribution in [1.82, 2.24) is 9.80 Å². The second-order valence-corrected chi connectivity index (χ2v) is 7.33. The summed E-state index contributed by atoms with van der Waals surface area (Å²) in [4.78, 5) is 28.3. The quantitative estimate of drug-likeness (QED) is 0.856. The van der Waals surface area contributed by atoms with Crippen molar-refractivity contribution in [3.05, 3.63) is 65.2 Å². The predicted molar refractivity (Wildman–Crippen MR) is 108 cm³/mol. The molecule has 3 rings (SSSR count). The van der Waals surface area contributed by atoms with E-state index in [4.69, 9.17) is 0 Å². The van der Waals surface area contributed by atoms with Crippen LogP contribution in [-0.2, 0) is 16.0 Å². The van der Waals surface area contributed by atoms with Gasteiger partial charge in [0.15, 0.2) is 0 Å². The minimum atomic E-state index is -0.191. The van der Waals surface area contributed by atoms with E-state index >= 15 is 0 Å². The first-order chi connectivity index (χ1) is 12.9. The average Bonchev–Trinajstić information content (AvgIpc) is 3.07. The number of nitrogens with one attached hydrogen (secondary N) is 1. The molecule has 0 heterocycles. The number of nitrogens with zero attached hydrogens (tertiary/aromatic N) is 2. The van der Waals surface area contributed by atoms with E-state index in [1.165, 1.54) is 16.0 Å². The van der Waals surface area contributed by atoms with Crippen LogP contribution in [0.2, 0.25) is 0 Å². The third-order valence-corrected chi connectivity index (χ3v) is 5.16. The number of amides is 2. The highest BCUT2D eigenvalue weighted by atomic mass is 16.2. The molecule has 0 saturated carbocycles. The lowest BCUT2D eigenvalue weighted by molar-refractivity contribution is -0.134. The minimum absolute atomic E-state index is 0.0435. The number of hydrogen-bond acceptors (Lipinski definition) is 3. The molecule has 5 heteroatoms. The minimum Gasteiger partial charge on any atom is -0.335 e. The number of carbonyl (C=O) groups is 2. The van der Waals surface area contributed by atoms with Crippen molar-refractivity contribution < 1.29 is 9.59 Å². The molecule has 0 saturated heterocycles. The van der Waals surface area contributed by atoms with Gasteiger partial charge in [-0.05, 0) is 50.1 Å². The number of benzene rings is 2. The van der Waals surface area contributed by atoms with Gasteiger partial charge in [0.25, 0.3) is 0 Å². The van der Waals surface area contributed by atoms with Gasteiger partial charge in [-0.1, -0.05) is 42.0 Å². The zero-order chi connectivity index (χ0) is 19.4. The van der Waals surface area contributed by atoms with E-state index in [0.717, 1.165) is 24.1 Å². The Balaban J connectivity index is 1.51. The van der Waals surface area contributed by atoms with Gasteiger partial charge in [-0.3, -0.25) is 14.5 Å². The largest absolute Gasteiger partial charge is 0.335 e. The van der Waals surface area contributed by atoms with E-state index in [-0.39, 0.29) is 24.4 Å². The van der Waals surface area contributed by atoms with Crippen LogP contribution in [0, 0.1) is 6.92 Å². The first-order valence-electron chi connectivity index (χ1n) is 9.32. The first kappa shape index (κ1) is 19.1. The van der Waals surface area contributed by atoms with E-state index in [0.29, 0.717) is 6.54 Å². The van der Waals surface area contributed by atoms with Crippen LogP contribution in [0.3, 0.4) is 0 Å². The molecule has 0 radical (unpaired) electrons. The molecular formula is C22H27N3O2. The molecule has 1 unspecified atom stereocenters.